The van der Waals surface area contributed by atoms with Crippen LogP contribution in [-0.4, -0.2) is 22.6 Å². The number of amides is 1. The number of hydrogen-bond donors (Lipinski definition) is 2. The summed E-state index contributed by atoms with van der Waals surface area (Å²) in [6.07, 6.45) is 3.14. The summed E-state index contributed by atoms with van der Waals surface area (Å²) in [6, 6.07) is 5.45. The van der Waals surface area contributed by atoms with E-state index in [-0.39, 0.29) is 11.5 Å². The predicted molar refractivity (Wildman–Crippen MR) is 74.7 cm³/mol. The Morgan fingerprint density at radius 3 is 2.67 bits per heavy atom. The average Bonchev–Trinajstić information content (AvgIpc) is 2.96. The fourth-order valence-electron chi connectivity index (χ4n) is 2.12. The first kappa shape index (κ1) is 15.2. The van der Waals surface area contributed by atoms with E-state index in [9.17, 15) is 13.6 Å². The van der Waals surface area contributed by atoms with Crippen LogP contribution in [-0.2, 0) is 11.2 Å². The van der Waals surface area contributed by atoms with Crippen LogP contribution in [0.1, 0.15) is 30.5 Å². The van der Waals surface area contributed by atoms with E-state index in [1.807, 2.05) is 6.07 Å². The molecule has 6 heteroatoms. The van der Waals surface area contributed by atoms with Crippen molar-refractivity contribution < 1.29 is 13.6 Å². The maximum Gasteiger partial charge on any atom is 0.227 e. The minimum Gasteiger partial charge on any atom is -0.356 e. The Hall–Kier alpha value is -2.24. The van der Waals surface area contributed by atoms with Gasteiger partial charge in [-0.05, 0) is 38.0 Å². The topological polar surface area (TPSA) is 57.8 Å². The molecule has 2 N–H and O–H groups in total. The Bertz CT molecular complexity index is 579. The van der Waals surface area contributed by atoms with Crippen molar-refractivity contribution >= 4 is 5.91 Å². The summed E-state index contributed by atoms with van der Waals surface area (Å²) in [6.45, 7) is 1.93. The van der Waals surface area contributed by atoms with E-state index < -0.39 is 17.6 Å². The van der Waals surface area contributed by atoms with Gasteiger partial charge in [-0.3, -0.25) is 9.89 Å². The van der Waals surface area contributed by atoms with Gasteiger partial charge in [-0.1, -0.05) is 6.07 Å². The zero-order valence-electron chi connectivity index (χ0n) is 11.7. The van der Waals surface area contributed by atoms with Crippen molar-refractivity contribution in [3.8, 4) is 0 Å². The maximum absolute atomic E-state index is 13.6. The first-order chi connectivity index (χ1) is 10.1. The lowest BCUT2D eigenvalue weighted by atomic mass is 9.99. The van der Waals surface area contributed by atoms with Gasteiger partial charge in [0.2, 0.25) is 5.91 Å². The van der Waals surface area contributed by atoms with Crippen molar-refractivity contribution in [2.45, 2.75) is 25.7 Å². The van der Waals surface area contributed by atoms with E-state index in [1.54, 1.807) is 6.20 Å². The van der Waals surface area contributed by atoms with E-state index in [2.05, 4.69) is 15.5 Å². The van der Waals surface area contributed by atoms with Crippen molar-refractivity contribution in [1.82, 2.24) is 15.5 Å². The van der Waals surface area contributed by atoms with Crippen LogP contribution < -0.4 is 5.32 Å². The summed E-state index contributed by atoms with van der Waals surface area (Å²) < 4.78 is 27.2. The van der Waals surface area contributed by atoms with Crippen LogP contribution >= 0.6 is 0 Å². The minimum atomic E-state index is -0.863. The van der Waals surface area contributed by atoms with E-state index in [4.69, 9.17) is 0 Å². The third kappa shape index (κ3) is 3.87. The second-order valence-corrected chi connectivity index (χ2v) is 4.83. The number of halogens is 2. The Balaban J connectivity index is 1.85. The maximum atomic E-state index is 13.6. The van der Waals surface area contributed by atoms with Crippen molar-refractivity contribution in [1.29, 1.82) is 0 Å². The highest BCUT2D eigenvalue weighted by Crippen LogP contribution is 2.22. The number of nitrogens with one attached hydrogen (secondary N) is 2. The molecule has 112 valence electrons. The van der Waals surface area contributed by atoms with Gasteiger partial charge in [0.1, 0.15) is 11.6 Å². The summed E-state index contributed by atoms with van der Waals surface area (Å²) >= 11 is 0. The molecule has 2 rings (SSSR count). The molecule has 2 aromatic rings. The molecule has 0 aliphatic rings. The van der Waals surface area contributed by atoms with Crippen LogP contribution in [0.15, 0.2) is 30.5 Å². The van der Waals surface area contributed by atoms with Crippen LogP contribution in [0.4, 0.5) is 8.78 Å². The third-order valence-corrected chi connectivity index (χ3v) is 3.31. The largest absolute Gasteiger partial charge is 0.356 e. The molecule has 1 amide bonds. The molecular weight excluding hydrogens is 276 g/mol. The van der Waals surface area contributed by atoms with Crippen LogP contribution in [0.2, 0.25) is 0 Å². The molecule has 1 aromatic heterocycles. The Kier molecular flexibility index (Phi) is 5.03. The lowest BCUT2D eigenvalue weighted by molar-refractivity contribution is -0.122. The van der Waals surface area contributed by atoms with E-state index in [0.717, 1.165) is 30.7 Å². The standard InChI is InChI=1S/C15H17F2N3O/c1-10(14-12(16)5-2-6-13(14)17)15(21)18-8-3-4-11-7-9-19-20-11/h2,5-7,9-10H,3-4,8H2,1H3,(H,18,21)(H,19,20)/t10-/m1/s1. The molecule has 0 saturated heterocycles. The zero-order valence-corrected chi connectivity index (χ0v) is 11.7. The fourth-order valence-corrected chi connectivity index (χ4v) is 2.12. The number of benzene rings is 1. The van der Waals surface area contributed by atoms with Crippen molar-refractivity contribution in [3.05, 3.63) is 53.4 Å². The van der Waals surface area contributed by atoms with Crippen LogP contribution in [0.3, 0.4) is 0 Å². The first-order valence-electron chi connectivity index (χ1n) is 6.79. The minimum absolute atomic E-state index is 0.191. The van der Waals surface area contributed by atoms with Crippen LogP contribution in [0.25, 0.3) is 0 Å². The molecule has 0 bridgehead atoms. The summed E-state index contributed by atoms with van der Waals surface area (Å²) in [7, 11) is 0. The molecule has 0 fully saturated rings. The monoisotopic (exact) mass is 293 g/mol. The molecule has 0 aliphatic carbocycles. The van der Waals surface area contributed by atoms with E-state index in [0.29, 0.717) is 6.54 Å². The fraction of sp³-hybridized carbons (Fsp3) is 0.333. The number of H-pyrrole nitrogens is 1. The summed E-state index contributed by atoms with van der Waals surface area (Å²) in [5.74, 6) is -2.65. The van der Waals surface area contributed by atoms with Gasteiger partial charge in [0.25, 0.3) is 0 Å². The van der Waals surface area contributed by atoms with Gasteiger partial charge in [0.05, 0.1) is 5.92 Å². The van der Waals surface area contributed by atoms with Crippen LogP contribution in [0.5, 0.6) is 0 Å². The van der Waals surface area contributed by atoms with Gasteiger partial charge < -0.3 is 5.32 Å². The number of carbonyl (C=O) groups excluding carboxylic acids is 1. The third-order valence-electron chi connectivity index (χ3n) is 3.31. The lowest BCUT2D eigenvalue weighted by Crippen LogP contribution is -2.30. The lowest BCUT2D eigenvalue weighted by Gasteiger charge is -2.14. The Labute approximate surface area is 121 Å². The summed E-state index contributed by atoms with van der Waals surface area (Å²) in [5, 5.41) is 9.35. The van der Waals surface area contributed by atoms with Crippen molar-refractivity contribution in [3.63, 3.8) is 0 Å². The molecule has 1 aromatic carbocycles. The van der Waals surface area contributed by atoms with Gasteiger partial charge in [-0.15, -0.1) is 0 Å². The first-order valence-corrected chi connectivity index (χ1v) is 6.79. The SMILES string of the molecule is C[C@@H](C(=O)NCCCc1ccn[nH]1)c1c(F)cccc1F. The van der Waals surface area contributed by atoms with E-state index >= 15 is 0 Å². The van der Waals surface area contributed by atoms with E-state index in [1.165, 1.54) is 13.0 Å². The molecule has 0 radical (unpaired) electrons. The number of rotatable bonds is 6. The number of aryl methyl sites for hydroxylation is 1. The molecule has 4 nitrogen and oxygen atoms in total. The second-order valence-electron chi connectivity index (χ2n) is 4.83. The zero-order chi connectivity index (χ0) is 15.2. The predicted octanol–water partition coefficient (Wildman–Crippen LogP) is 2.54. The van der Waals surface area contributed by atoms with Crippen molar-refractivity contribution in [2.24, 2.45) is 0 Å². The van der Waals surface area contributed by atoms with Gasteiger partial charge in [-0.25, -0.2) is 8.78 Å². The second kappa shape index (κ2) is 6.97. The summed E-state index contributed by atoms with van der Waals surface area (Å²) in [4.78, 5) is 11.9. The molecule has 0 spiro atoms. The molecule has 0 saturated carbocycles. The highest BCUT2D eigenvalue weighted by Gasteiger charge is 2.22. The normalized spacial score (nSPS) is 12.1. The average molecular weight is 293 g/mol. The Morgan fingerprint density at radius 2 is 2.05 bits per heavy atom. The summed E-state index contributed by atoms with van der Waals surface area (Å²) in [5.41, 5.74) is 0.793. The smallest absolute Gasteiger partial charge is 0.227 e. The molecule has 1 heterocycles. The number of hydrogen-bond acceptors (Lipinski definition) is 2. The van der Waals surface area contributed by atoms with Gasteiger partial charge in [0.15, 0.2) is 0 Å². The van der Waals surface area contributed by atoms with Gasteiger partial charge in [-0.2, -0.15) is 5.10 Å². The van der Waals surface area contributed by atoms with Gasteiger partial charge in [0, 0.05) is 24.0 Å². The number of carbonyl (C=O) groups is 1. The molecular formula is C15H17F2N3O. The molecule has 21 heavy (non-hydrogen) atoms. The highest BCUT2D eigenvalue weighted by molar-refractivity contribution is 5.83. The molecule has 1 atom stereocenters. The molecule has 0 aliphatic heterocycles. The molecule has 0 unspecified atom stereocenters. The van der Waals surface area contributed by atoms with Gasteiger partial charge >= 0.3 is 0 Å². The number of aromatic amines is 1. The highest BCUT2D eigenvalue weighted by atomic mass is 19.1. The quantitative estimate of drug-likeness (QED) is 0.804. The van der Waals surface area contributed by atoms with Crippen LogP contribution in [0, 0.1) is 11.6 Å². The van der Waals surface area contributed by atoms with Crippen molar-refractivity contribution in [2.75, 3.05) is 6.54 Å². The number of nitrogens with zero attached hydrogens (tertiary/aromatic N) is 1. The Morgan fingerprint density at radius 1 is 1.33 bits per heavy atom. The number of aromatic nitrogens is 2.